The molecule has 0 aliphatic carbocycles. The minimum Gasteiger partial charge on any atom is -0.416 e. The van der Waals surface area contributed by atoms with Gasteiger partial charge in [-0.25, -0.2) is 8.42 Å². The summed E-state index contributed by atoms with van der Waals surface area (Å²) in [6.07, 6.45) is 1.12. The highest BCUT2D eigenvalue weighted by molar-refractivity contribution is 7.99. The molecule has 0 unspecified atom stereocenters. The molecular formula is C12H19N3O4S2. The second-order valence-electron chi connectivity index (χ2n) is 5.45. The molecule has 9 heteroatoms. The number of amides is 1. The van der Waals surface area contributed by atoms with Crippen molar-refractivity contribution in [1.29, 1.82) is 0 Å². The van der Waals surface area contributed by atoms with Gasteiger partial charge in [0.2, 0.25) is 11.8 Å². The van der Waals surface area contributed by atoms with E-state index in [2.05, 4.69) is 15.5 Å². The van der Waals surface area contributed by atoms with Crippen molar-refractivity contribution in [2.24, 2.45) is 5.92 Å². The number of hydrogen-bond acceptors (Lipinski definition) is 7. The van der Waals surface area contributed by atoms with Crippen molar-refractivity contribution >= 4 is 27.5 Å². The first-order valence-electron chi connectivity index (χ1n) is 6.79. The minimum absolute atomic E-state index is 0.0533. The van der Waals surface area contributed by atoms with Gasteiger partial charge in [-0.05, 0) is 26.2 Å². The quantitative estimate of drug-likeness (QED) is 0.763. The number of nitrogens with one attached hydrogen (secondary N) is 1. The molecule has 2 heterocycles. The first-order valence-corrected chi connectivity index (χ1v) is 9.60. The van der Waals surface area contributed by atoms with Gasteiger partial charge >= 0.3 is 0 Å². The van der Waals surface area contributed by atoms with Crippen LogP contribution < -0.4 is 5.32 Å². The second kappa shape index (κ2) is 6.78. The lowest BCUT2D eigenvalue weighted by Gasteiger charge is -2.06. The van der Waals surface area contributed by atoms with Gasteiger partial charge in [0.05, 0.1) is 17.3 Å². The van der Waals surface area contributed by atoms with Crippen LogP contribution >= 0.6 is 11.8 Å². The molecule has 1 fully saturated rings. The van der Waals surface area contributed by atoms with Crippen LogP contribution in [-0.4, -0.2) is 47.8 Å². The van der Waals surface area contributed by atoms with E-state index in [1.165, 1.54) is 11.8 Å². The Balaban J connectivity index is 1.80. The van der Waals surface area contributed by atoms with Gasteiger partial charge in [0.1, 0.15) is 0 Å². The highest BCUT2D eigenvalue weighted by Gasteiger charge is 2.29. The van der Waals surface area contributed by atoms with Crippen molar-refractivity contribution in [1.82, 2.24) is 15.5 Å². The molecule has 1 saturated heterocycles. The number of hydrogen-bond donors (Lipinski definition) is 1. The Morgan fingerprint density at radius 3 is 2.86 bits per heavy atom. The summed E-state index contributed by atoms with van der Waals surface area (Å²) in [5, 5.41) is 10.9. The molecule has 1 amide bonds. The third-order valence-corrected chi connectivity index (χ3v) is 5.67. The summed E-state index contributed by atoms with van der Waals surface area (Å²) in [7, 11) is -2.89. The molecule has 1 aromatic rings. The number of carbonyl (C=O) groups is 1. The molecule has 0 spiro atoms. The molecule has 0 aromatic carbocycles. The van der Waals surface area contributed by atoms with Crippen LogP contribution in [0.4, 0.5) is 0 Å². The van der Waals surface area contributed by atoms with Crippen LogP contribution in [0.3, 0.4) is 0 Å². The summed E-state index contributed by atoms with van der Waals surface area (Å²) in [4.78, 5) is 11.5. The van der Waals surface area contributed by atoms with Crippen molar-refractivity contribution in [3.8, 4) is 0 Å². The van der Waals surface area contributed by atoms with Gasteiger partial charge in [0, 0.05) is 12.5 Å². The zero-order chi connectivity index (χ0) is 15.5. The zero-order valence-corrected chi connectivity index (χ0v) is 13.7. The van der Waals surface area contributed by atoms with E-state index < -0.39 is 9.84 Å². The lowest BCUT2D eigenvalue weighted by Crippen LogP contribution is -2.31. The highest BCUT2D eigenvalue weighted by atomic mass is 32.2. The van der Waals surface area contributed by atoms with Gasteiger partial charge in [-0.3, -0.25) is 4.79 Å². The van der Waals surface area contributed by atoms with Crippen molar-refractivity contribution in [3.05, 3.63) is 5.89 Å². The van der Waals surface area contributed by atoms with Crippen molar-refractivity contribution in [3.63, 3.8) is 0 Å². The van der Waals surface area contributed by atoms with E-state index in [-0.39, 0.29) is 35.1 Å². The maximum atomic E-state index is 11.5. The molecule has 1 aromatic heterocycles. The van der Waals surface area contributed by atoms with Crippen LogP contribution in [0.1, 0.15) is 26.2 Å². The van der Waals surface area contributed by atoms with E-state index in [0.29, 0.717) is 24.0 Å². The molecule has 1 aliphatic heterocycles. The maximum absolute atomic E-state index is 11.5. The van der Waals surface area contributed by atoms with Crippen LogP contribution in [-0.2, 0) is 21.1 Å². The molecule has 0 saturated carbocycles. The zero-order valence-electron chi connectivity index (χ0n) is 12.0. The average molecular weight is 333 g/mol. The van der Waals surface area contributed by atoms with Crippen LogP contribution in [0.25, 0.3) is 0 Å². The predicted molar refractivity (Wildman–Crippen MR) is 78.8 cm³/mol. The Kier molecular flexibility index (Phi) is 5.26. The first-order chi connectivity index (χ1) is 9.84. The van der Waals surface area contributed by atoms with Gasteiger partial charge in [0.25, 0.3) is 5.22 Å². The Morgan fingerprint density at radius 1 is 1.48 bits per heavy atom. The topological polar surface area (TPSA) is 102 Å². The van der Waals surface area contributed by atoms with Crippen molar-refractivity contribution in [2.45, 2.75) is 38.0 Å². The molecule has 7 nitrogen and oxygen atoms in total. The Bertz CT molecular complexity index is 597. The van der Waals surface area contributed by atoms with Crippen LogP contribution in [0.15, 0.2) is 9.64 Å². The summed E-state index contributed by atoms with van der Waals surface area (Å²) in [6, 6.07) is 0.0978. The largest absolute Gasteiger partial charge is 0.416 e. The molecule has 1 N–H and O–H groups in total. The Labute approximate surface area is 128 Å². The van der Waals surface area contributed by atoms with E-state index in [0.717, 1.165) is 0 Å². The molecule has 1 atom stereocenters. The number of thioether (sulfide) groups is 1. The number of aromatic nitrogens is 2. The number of nitrogens with zero attached hydrogens (tertiary/aromatic N) is 2. The predicted octanol–water partition coefficient (Wildman–Crippen LogP) is 0.664. The fraction of sp³-hybridized carbons (Fsp3) is 0.750. The lowest BCUT2D eigenvalue weighted by molar-refractivity contribution is -0.119. The lowest BCUT2D eigenvalue weighted by atomic mass is 10.1. The van der Waals surface area contributed by atoms with E-state index in [9.17, 15) is 13.2 Å². The van der Waals surface area contributed by atoms with E-state index >= 15 is 0 Å². The minimum atomic E-state index is -2.89. The summed E-state index contributed by atoms with van der Waals surface area (Å²) >= 11 is 1.18. The molecule has 21 heavy (non-hydrogen) atoms. The van der Waals surface area contributed by atoms with Crippen molar-refractivity contribution in [2.75, 3.05) is 17.3 Å². The van der Waals surface area contributed by atoms with Crippen molar-refractivity contribution < 1.29 is 17.6 Å². The molecule has 1 aliphatic rings. The second-order valence-corrected chi connectivity index (χ2v) is 8.60. The summed E-state index contributed by atoms with van der Waals surface area (Å²) in [6.45, 7) is 3.78. The van der Waals surface area contributed by atoms with Crippen LogP contribution in [0, 0.1) is 5.92 Å². The van der Waals surface area contributed by atoms with E-state index in [1.54, 1.807) is 0 Å². The Morgan fingerprint density at radius 2 is 2.24 bits per heavy atom. The van der Waals surface area contributed by atoms with Crippen LogP contribution in [0.2, 0.25) is 0 Å². The SMILES string of the molecule is CC(C)NC(=O)CSc1nnc(C[C@@H]2CCS(=O)(=O)C2)o1. The normalized spacial score (nSPS) is 20.8. The fourth-order valence-corrected chi connectivity index (χ4v) is 4.60. The van der Waals surface area contributed by atoms with E-state index in [1.807, 2.05) is 13.8 Å². The van der Waals surface area contributed by atoms with Gasteiger partial charge in [-0.2, -0.15) is 0 Å². The fourth-order valence-electron chi connectivity index (χ4n) is 2.15. The first kappa shape index (κ1) is 16.3. The third-order valence-electron chi connectivity index (χ3n) is 3.01. The molecule has 0 radical (unpaired) electrons. The summed E-state index contributed by atoms with van der Waals surface area (Å²) in [5.74, 6) is 1.05. The van der Waals surface area contributed by atoms with Gasteiger partial charge in [-0.15, -0.1) is 10.2 Å². The van der Waals surface area contributed by atoms with Crippen LogP contribution in [0.5, 0.6) is 0 Å². The molecule has 2 rings (SSSR count). The standard InChI is InChI=1S/C12H19N3O4S2/c1-8(2)13-10(16)6-20-12-15-14-11(19-12)5-9-3-4-21(17,18)7-9/h8-9H,3-7H2,1-2H3,(H,13,16)/t9-/m0/s1. The summed E-state index contributed by atoms with van der Waals surface area (Å²) < 4.78 is 28.2. The average Bonchev–Trinajstić information content (AvgIpc) is 2.93. The molecule has 0 bridgehead atoms. The maximum Gasteiger partial charge on any atom is 0.277 e. The smallest absolute Gasteiger partial charge is 0.277 e. The van der Waals surface area contributed by atoms with Gasteiger partial charge in [0.15, 0.2) is 9.84 Å². The van der Waals surface area contributed by atoms with Gasteiger partial charge in [-0.1, -0.05) is 11.8 Å². The summed E-state index contributed by atoms with van der Waals surface area (Å²) in [5.41, 5.74) is 0. The number of sulfone groups is 1. The molecule has 118 valence electrons. The molecular weight excluding hydrogens is 314 g/mol. The third kappa shape index (κ3) is 5.31. The van der Waals surface area contributed by atoms with E-state index in [4.69, 9.17) is 4.42 Å². The monoisotopic (exact) mass is 333 g/mol. The number of rotatable bonds is 6. The van der Waals surface area contributed by atoms with Gasteiger partial charge < -0.3 is 9.73 Å². The highest BCUT2D eigenvalue weighted by Crippen LogP contribution is 2.23. The Hall–Kier alpha value is -1.09. The number of carbonyl (C=O) groups excluding carboxylic acids is 1.